The monoisotopic (exact) mass is 440 g/mol. The van der Waals surface area contributed by atoms with Crippen molar-refractivity contribution < 1.29 is 9.15 Å². The summed E-state index contributed by atoms with van der Waals surface area (Å²) in [6.45, 7) is 9.67. The second kappa shape index (κ2) is 11.9. The van der Waals surface area contributed by atoms with Crippen molar-refractivity contribution in [2.45, 2.75) is 38.8 Å². The van der Waals surface area contributed by atoms with E-state index in [9.17, 15) is 0 Å². The first-order valence-corrected chi connectivity index (χ1v) is 11.9. The zero-order valence-corrected chi connectivity index (χ0v) is 19.1. The van der Waals surface area contributed by atoms with Crippen LogP contribution >= 0.6 is 0 Å². The van der Waals surface area contributed by atoms with Crippen LogP contribution in [0.2, 0.25) is 0 Å². The van der Waals surface area contributed by atoms with Gasteiger partial charge in [0, 0.05) is 37.9 Å². The smallest absolute Gasteiger partial charge is 0.191 e. The molecule has 2 fully saturated rings. The van der Waals surface area contributed by atoms with Gasteiger partial charge in [0.2, 0.25) is 0 Å². The van der Waals surface area contributed by atoms with E-state index in [1.807, 2.05) is 18.3 Å². The number of hydrogen-bond donors (Lipinski definition) is 2. The first kappa shape index (κ1) is 22.6. The molecule has 0 radical (unpaired) electrons. The van der Waals surface area contributed by atoms with E-state index in [2.05, 4.69) is 44.5 Å². The van der Waals surface area contributed by atoms with Gasteiger partial charge >= 0.3 is 0 Å². The molecule has 0 amide bonds. The van der Waals surface area contributed by atoms with Crippen LogP contribution in [0.1, 0.15) is 43.6 Å². The molecule has 0 aliphatic carbocycles. The molecule has 0 spiro atoms. The lowest BCUT2D eigenvalue weighted by molar-refractivity contribution is 0.122. The number of piperidine rings is 1. The Morgan fingerprint density at radius 2 is 1.94 bits per heavy atom. The van der Waals surface area contributed by atoms with Crippen LogP contribution in [0.25, 0.3) is 0 Å². The molecule has 2 aromatic heterocycles. The fourth-order valence-corrected chi connectivity index (χ4v) is 4.43. The topological polar surface area (TPSA) is 78.2 Å². The first-order valence-electron chi connectivity index (χ1n) is 11.9. The molecule has 1 unspecified atom stereocenters. The Labute approximate surface area is 191 Å². The highest BCUT2D eigenvalue weighted by Crippen LogP contribution is 2.24. The van der Waals surface area contributed by atoms with Gasteiger partial charge in [-0.3, -0.25) is 4.90 Å². The van der Waals surface area contributed by atoms with Crippen molar-refractivity contribution in [1.82, 2.24) is 20.5 Å². The number of hydrogen-bond acceptors (Lipinski definition) is 6. The van der Waals surface area contributed by atoms with Gasteiger partial charge in [0.25, 0.3) is 0 Å². The Morgan fingerprint density at radius 3 is 2.69 bits per heavy atom. The zero-order valence-electron chi connectivity index (χ0n) is 19.1. The Morgan fingerprint density at radius 1 is 1.09 bits per heavy atom. The van der Waals surface area contributed by atoms with Crippen LogP contribution in [0, 0.1) is 0 Å². The quantitative estimate of drug-likeness (QED) is 0.483. The van der Waals surface area contributed by atoms with Crippen molar-refractivity contribution >= 4 is 11.8 Å². The van der Waals surface area contributed by atoms with Gasteiger partial charge in [0.05, 0.1) is 32.1 Å². The number of anilines is 1. The summed E-state index contributed by atoms with van der Waals surface area (Å²) in [5, 5.41) is 6.95. The number of nitrogens with zero attached hydrogens (tertiary/aromatic N) is 4. The van der Waals surface area contributed by atoms with E-state index < -0.39 is 0 Å². The fraction of sp³-hybridized carbons (Fsp3) is 0.583. The van der Waals surface area contributed by atoms with Crippen LogP contribution in [-0.2, 0) is 11.3 Å². The lowest BCUT2D eigenvalue weighted by Crippen LogP contribution is -2.44. The summed E-state index contributed by atoms with van der Waals surface area (Å²) in [5.74, 6) is 2.84. The van der Waals surface area contributed by atoms with Crippen molar-refractivity contribution in [1.29, 1.82) is 0 Å². The number of pyridine rings is 1. The summed E-state index contributed by atoms with van der Waals surface area (Å²) in [4.78, 5) is 14.3. The maximum absolute atomic E-state index is 5.79. The van der Waals surface area contributed by atoms with Crippen molar-refractivity contribution in [3.05, 3.63) is 48.0 Å². The second-order valence-electron chi connectivity index (χ2n) is 8.29. The fourth-order valence-electron chi connectivity index (χ4n) is 4.43. The zero-order chi connectivity index (χ0) is 22.0. The lowest BCUT2D eigenvalue weighted by atomic mass is 10.1. The van der Waals surface area contributed by atoms with E-state index in [-0.39, 0.29) is 6.04 Å². The number of aliphatic imine (C=N–C) groups is 1. The standard InChI is InChI=1S/C24H36N6O2/c1-2-25-24(27-18-20-8-6-10-26-23(20)30-13-16-31-17-14-30)28-19-21(22-9-7-15-32-22)29-11-4-3-5-12-29/h6-10,15,21H,2-5,11-14,16-19H2,1H3,(H2,25,27,28). The Balaban J connectivity index is 1.44. The normalized spacial score (nSPS) is 19.0. The average Bonchev–Trinajstić information content (AvgIpc) is 3.39. The molecule has 2 aliphatic rings. The summed E-state index contributed by atoms with van der Waals surface area (Å²) in [6, 6.07) is 8.36. The molecule has 2 N–H and O–H groups in total. The minimum absolute atomic E-state index is 0.205. The van der Waals surface area contributed by atoms with E-state index in [0.29, 0.717) is 6.54 Å². The predicted octanol–water partition coefficient (Wildman–Crippen LogP) is 2.79. The first-order chi connectivity index (χ1) is 15.8. The van der Waals surface area contributed by atoms with Gasteiger partial charge in [-0.1, -0.05) is 12.5 Å². The van der Waals surface area contributed by atoms with E-state index in [4.69, 9.17) is 14.1 Å². The lowest BCUT2D eigenvalue weighted by Gasteiger charge is -2.33. The van der Waals surface area contributed by atoms with Crippen molar-refractivity contribution in [2.75, 3.05) is 57.4 Å². The van der Waals surface area contributed by atoms with Crippen LogP contribution < -0.4 is 15.5 Å². The minimum Gasteiger partial charge on any atom is -0.468 e. The largest absolute Gasteiger partial charge is 0.468 e. The molecule has 32 heavy (non-hydrogen) atoms. The van der Waals surface area contributed by atoms with Crippen LogP contribution in [0.3, 0.4) is 0 Å². The molecular weight excluding hydrogens is 404 g/mol. The van der Waals surface area contributed by atoms with Crippen molar-refractivity contribution in [2.24, 2.45) is 4.99 Å². The molecule has 0 saturated carbocycles. The highest BCUT2D eigenvalue weighted by atomic mass is 16.5. The van der Waals surface area contributed by atoms with Crippen molar-refractivity contribution in [3.63, 3.8) is 0 Å². The minimum atomic E-state index is 0.205. The van der Waals surface area contributed by atoms with Crippen LogP contribution in [0.15, 0.2) is 46.1 Å². The number of furan rings is 1. The van der Waals surface area contributed by atoms with Gasteiger partial charge < -0.3 is 24.7 Å². The van der Waals surface area contributed by atoms with E-state index in [1.54, 1.807) is 6.26 Å². The number of ether oxygens (including phenoxy) is 1. The second-order valence-corrected chi connectivity index (χ2v) is 8.29. The predicted molar refractivity (Wildman–Crippen MR) is 127 cm³/mol. The summed E-state index contributed by atoms with van der Waals surface area (Å²) in [7, 11) is 0. The van der Waals surface area contributed by atoms with Gasteiger partial charge in [0.1, 0.15) is 11.6 Å². The number of nitrogens with one attached hydrogen (secondary N) is 2. The summed E-state index contributed by atoms with van der Waals surface area (Å²) in [5.41, 5.74) is 1.13. The molecular formula is C24H36N6O2. The maximum atomic E-state index is 5.79. The third-order valence-electron chi connectivity index (χ3n) is 6.10. The summed E-state index contributed by atoms with van der Waals surface area (Å²) < 4.78 is 11.3. The summed E-state index contributed by atoms with van der Waals surface area (Å²) in [6.07, 6.45) is 7.43. The number of guanidine groups is 1. The molecule has 2 aromatic rings. The van der Waals surface area contributed by atoms with Gasteiger partial charge in [-0.15, -0.1) is 0 Å². The third kappa shape index (κ3) is 6.01. The molecule has 1 atom stereocenters. The highest BCUT2D eigenvalue weighted by molar-refractivity contribution is 5.79. The number of morpholine rings is 1. The SMILES string of the molecule is CCNC(=NCc1cccnc1N1CCOCC1)NCC(c1ccco1)N1CCCCC1. The van der Waals surface area contributed by atoms with Gasteiger partial charge in [-0.05, 0) is 51.1 Å². The molecule has 4 heterocycles. The van der Waals surface area contributed by atoms with E-state index >= 15 is 0 Å². The molecule has 174 valence electrons. The van der Waals surface area contributed by atoms with E-state index in [1.165, 1.54) is 19.3 Å². The number of aromatic nitrogens is 1. The molecule has 2 aliphatic heterocycles. The molecule has 2 saturated heterocycles. The molecule has 8 heteroatoms. The Bertz CT molecular complexity index is 829. The van der Waals surface area contributed by atoms with Crippen LogP contribution in [0.5, 0.6) is 0 Å². The third-order valence-corrected chi connectivity index (χ3v) is 6.10. The number of likely N-dealkylation sites (tertiary alicyclic amines) is 1. The van der Waals surface area contributed by atoms with Crippen LogP contribution in [0.4, 0.5) is 5.82 Å². The highest BCUT2D eigenvalue weighted by Gasteiger charge is 2.24. The maximum Gasteiger partial charge on any atom is 0.191 e. The summed E-state index contributed by atoms with van der Waals surface area (Å²) >= 11 is 0. The van der Waals surface area contributed by atoms with E-state index in [0.717, 1.165) is 75.6 Å². The van der Waals surface area contributed by atoms with Crippen LogP contribution in [-0.4, -0.2) is 68.3 Å². The van der Waals surface area contributed by atoms with Gasteiger partial charge in [-0.2, -0.15) is 0 Å². The number of rotatable bonds is 8. The Hall–Kier alpha value is -2.58. The molecule has 0 bridgehead atoms. The average molecular weight is 441 g/mol. The van der Waals surface area contributed by atoms with Gasteiger partial charge in [-0.25, -0.2) is 9.98 Å². The Kier molecular flexibility index (Phi) is 8.39. The van der Waals surface area contributed by atoms with Gasteiger partial charge in [0.15, 0.2) is 5.96 Å². The molecule has 4 rings (SSSR count). The molecule has 8 nitrogen and oxygen atoms in total. The van der Waals surface area contributed by atoms with Crippen molar-refractivity contribution in [3.8, 4) is 0 Å². The molecule has 0 aromatic carbocycles.